The molecule has 5 nitrogen and oxygen atoms in total. The number of esters is 1. The molecule has 0 unspecified atom stereocenters. The maximum absolute atomic E-state index is 12.2. The summed E-state index contributed by atoms with van der Waals surface area (Å²) in [6.45, 7) is 12.6. The molecule has 0 saturated carbocycles. The van der Waals surface area contributed by atoms with Crippen LogP contribution in [0, 0.1) is 0 Å². The van der Waals surface area contributed by atoms with E-state index in [2.05, 4.69) is 6.58 Å². The number of carbonyl (C=O) groups excluding carboxylic acids is 2. The number of nitrogens with zero attached hydrogens (tertiary/aromatic N) is 1. The lowest BCUT2D eigenvalue weighted by molar-refractivity contribution is -0.152. The Labute approximate surface area is 115 Å². The van der Waals surface area contributed by atoms with Gasteiger partial charge in [-0.15, -0.1) is 6.58 Å². The van der Waals surface area contributed by atoms with Crippen molar-refractivity contribution in [3.8, 4) is 0 Å². The highest BCUT2D eigenvalue weighted by Crippen LogP contribution is 2.21. The summed E-state index contributed by atoms with van der Waals surface area (Å²) < 4.78 is 10.1. The van der Waals surface area contributed by atoms with Gasteiger partial charge >= 0.3 is 12.1 Å². The summed E-state index contributed by atoms with van der Waals surface area (Å²) in [5, 5.41) is 0. The van der Waals surface area contributed by atoms with Crippen molar-refractivity contribution in [1.82, 2.24) is 4.90 Å². The third kappa shape index (κ3) is 5.32. The lowest BCUT2D eigenvalue weighted by Crippen LogP contribution is -2.55. The zero-order valence-corrected chi connectivity index (χ0v) is 12.8. The van der Waals surface area contributed by atoms with Crippen LogP contribution in [0.25, 0.3) is 0 Å². The fourth-order valence-electron chi connectivity index (χ4n) is 1.50. The largest absolute Gasteiger partial charge is 0.467 e. The lowest BCUT2D eigenvalue weighted by atomic mass is 10.0. The van der Waals surface area contributed by atoms with Gasteiger partial charge in [-0.2, -0.15) is 0 Å². The molecule has 0 aromatic rings. The monoisotopic (exact) mass is 271 g/mol. The number of carbonyl (C=O) groups is 2. The van der Waals surface area contributed by atoms with Crippen LogP contribution in [0.3, 0.4) is 0 Å². The van der Waals surface area contributed by atoms with Gasteiger partial charge in [0.1, 0.15) is 11.1 Å². The van der Waals surface area contributed by atoms with Crippen molar-refractivity contribution in [1.29, 1.82) is 0 Å². The molecule has 0 fully saturated rings. The Hall–Kier alpha value is -1.52. The number of hydrogen-bond donors (Lipinski definition) is 0. The number of ether oxygens (including phenoxy) is 2. The summed E-state index contributed by atoms with van der Waals surface area (Å²) in [7, 11) is 1.30. The highest BCUT2D eigenvalue weighted by molar-refractivity contribution is 5.85. The van der Waals surface area contributed by atoms with Gasteiger partial charge in [0, 0.05) is 6.54 Å². The molecule has 1 amide bonds. The standard InChI is InChI=1S/C14H25NO4/c1-8-9-10-15(12(17)19-13(2,3)4)14(5,6)11(16)18-7/h8H,1,9-10H2,2-7H3. The van der Waals surface area contributed by atoms with Crippen LogP contribution in [0.4, 0.5) is 4.79 Å². The third-order valence-electron chi connectivity index (χ3n) is 2.53. The summed E-state index contributed by atoms with van der Waals surface area (Å²) in [5.41, 5.74) is -1.70. The van der Waals surface area contributed by atoms with E-state index in [1.807, 2.05) is 0 Å². The van der Waals surface area contributed by atoms with Crippen LogP contribution in [0.1, 0.15) is 41.0 Å². The van der Waals surface area contributed by atoms with Crippen LogP contribution in [0.15, 0.2) is 12.7 Å². The number of rotatable bonds is 5. The second-order valence-electron chi connectivity index (χ2n) is 5.76. The van der Waals surface area contributed by atoms with Crippen molar-refractivity contribution in [2.45, 2.75) is 52.2 Å². The maximum atomic E-state index is 12.2. The van der Waals surface area contributed by atoms with Crippen LogP contribution >= 0.6 is 0 Å². The molecule has 0 bridgehead atoms. The Bertz CT molecular complexity index is 342. The van der Waals surface area contributed by atoms with E-state index in [9.17, 15) is 9.59 Å². The first-order chi connectivity index (χ1) is 8.56. The normalized spacial score (nSPS) is 11.7. The fraction of sp³-hybridized carbons (Fsp3) is 0.714. The zero-order valence-electron chi connectivity index (χ0n) is 12.8. The predicted molar refractivity (Wildman–Crippen MR) is 73.8 cm³/mol. The summed E-state index contributed by atoms with van der Waals surface area (Å²) in [5.74, 6) is -0.484. The summed E-state index contributed by atoms with van der Waals surface area (Å²) in [4.78, 5) is 25.4. The van der Waals surface area contributed by atoms with Crippen molar-refractivity contribution in [3.63, 3.8) is 0 Å². The summed E-state index contributed by atoms with van der Waals surface area (Å²) in [6, 6.07) is 0. The first-order valence-electron chi connectivity index (χ1n) is 6.26. The SMILES string of the molecule is C=CCCN(C(=O)OC(C)(C)C)C(C)(C)C(=O)OC. The molecule has 0 spiro atoms. The first-order valence-corrected chi connectivity index (χ1v) is 6.26. The van der Waals surface area contributed by atoms with E-state index < -0.39 is 23.2 Å². The van der Waals surface area contributed by atoms with Crippen LogP contribution in [-0.4, -0.2) is 41.8 Å². The second kappa shape index (κ2) is 6.59. The molecule has 0 saturated heterocycles. The van der Waals surface area contributed by atoms with E-state index in [0.717, 1.165) is 0 Å². The average molecular weight is 271 g/mol. The van der Waals surface area contributed by atoms with Crippen molar-refractivity contribution in [3.05, 3.63) is 12.7 Å². The molecule has 0 aliphatic rings. The summed E-state index contributed by atoms with van der Waals surface area (Å²) >= 11 is 0. The Balaban J connectivity index is 5.14. The van der Waals surface area contributed by atoms with Gasteiger partial charge in [0.2, 0.25) is 0 Å². The Morgan fingerprint density at radius 3 is 2.11 bits per heavy atom. The van der Waals surface area contributed by atoms with Crippen LogP contribution in [-0.2, 0) is 14.3 Å². The second-order valence-corrected chi connectivity index (χ2v) is 5.76. The molecule has 0 aromatic carbocycles. The van der Waals surface area contributed by atoms with E-state index in [0.29, 0.717) is 13.0 Å². The molecule has 0 heterocycles. The van der Waals surface area contributed by atoms with Gasteiger partial charge in [-0.3, -0.25) is 4.90 Å². The quantitative estimate of drug-likeness (QED) is 0.570. The van der Waals surface area contributed by atoms with Crippen LogP contribution in [0.2, 0.25) is 0 Å². The van der Waals surface area contributed by atoms with Crippen LogP contribution < -0.4 is 0 Å². The molecule has 110 valence electrons. The molecule has 5 heteroatoms. The number of methoxy groups -OCH3 is 1. The summed E-state index contributed by atoms with van der Waals surface area (Å²) in [6.07, 6.45) is 1.72. The molecule has 0 atom stereocenters. The molecule has 0 aliphatic carbocycles. The van der Waals surface area contributed by atoms with Gasteiger partial charge in [0.25, 0.3) is 0 Å². The Morgan fingerprint density at radius 2 is 1.74 bits per heavy atom. The molecule has 0 N–H and O–H groups in total. The Morgan fingerprint density at radius 1 is 1.21 bits per heavy atom. The molecule has 0 aromatic heterocycles. The highest BCUT2D eigenvalue weighted by atomic mass is 16.6. The molecule has 0 aliphatic heterocycles. The van der Waals surface area contributed by atoms with E-state index in [-0.39, 0.29) is 0 Å². The molecule has 0 radical (unpaired) electrons. The predicted octanol–water partition coefficient (Wildman–Crippen LogP) is 2.75. The minimum absolute atomic E-state index is 0.348. The molecule has 0 rings (SSSR count). The lowest BCUT2D eigenvalue weighted by Gasteiger charge is -2.36. The van der Waals surface area contributed by atoms with E-state index in [4.69, 9.17) is 9.47 Å². The number of amides is 1. The topological polar surface area (TPSA) is 55.8 Å². The van der Waals surface area contributed by atoms with Gasteiger partial charge in [-0.25, -0.2) is 9.59 Å². The fourth-order valence-corrected chi connectivity index (χ4v) is 1.50. The average Bonchev–Trinajstić information content (AvgIpc) is 2.25. The van der Waals surface area contributed by atoms with Gasteiger partial charge in [-0.05, 0) is 41.0 Å². The number of hydrogen-bond acceptors (Lipinski definition) is 4. The third-order valence-corrected chi connectivity index (χ3v) is 2.53. The van der Waals surface area contributed by atoms with Crippen LogP contribution in [0.5, 0.6) is 0 Å². The highest BCUT2D eigenvalue weighted by Gasteiger charge is 2.40. The minimum Gasteiger partial charge on any atom is -0.467 e. The van der Waals surface area contributed by atoms with Gasteiger partial charge < -0.3 is 9.47 Å². The van der Waals surface area contributed by atoms with Crippen molar-refractivity contribution in [2.75, 3.05) is 13.7 Å². The van der Waals surface area contributed by atoms with Crippen molar-refractivity contribution in [2.24, 2.45) is 0 Å². The molecule has 19 heavy (non-hydrogen) atoms. The molecular weight excluding hydrogens is 246 g/mol. The minimum atomic E-state index is -1.08. The van der Waals surface area contributed by atoms with E-state index in [1.54, 1.807) is 40.7 Å². The van der Waals surface area contributed by atoms with E-state index in [1.165, 1.54) is 12.0 Å². The smallest absolute Gasteiger partial charge is 0.411 e. The zero-order chi connectivity index (χ0) is 15.3. The van der Waals surface area contributed by atoms with Crippen molar-refractivity contribution >= 4 is 12.1 Å². The van der Waals surface area contributed by atoms with E-state index >= 15 is 0 Å². The molecular formula is C14H25NO4. The van der Waals surface area contributed by atoms with Gasteiger partial charge in [0.05, 0.1) is 7.11 Å². The van der Waals surface area contributed by atoms with Gasteiger partial charge in [-0.1, -0.05) is 6.08 Å². The Kier molecular flexibility index (Phi) is 6.06. The van der Waals surface area contributed by atoms with Crippen molar-refractivity contribution < 1.29 is 19.1 Å². The van der Waals surface area contributed by atoms with Gasteiger partial charge in [0.15, 0.2) is 0 Å². The first kappa shape index (κ1) is 17.5. The maximum Gasteiger partial charge on any atom is 0.411 e.